The average Bonchev–Trinajstić information content (AvgIpc) is 3.39. The highest BCUT2D eigenvalue weighted by Gasteiger charge is 2.18. The molecule has 7 nitrogen and oxygen atoms in total. The number of imidazole rings is 1. The van der Waals surface area contributed by atoms with Crippen LogP contribution in [0.4, 0.5) is 16.2 Å². The average molecular weight is 391 g/mol. The molecule has 0 unspecified atom stereocenters. The maximum absolute atomic E-state index is 12.1. The van der Waals surface area contributed by atoms with Gasteiger partial charge in [0.2, 0.25) is 5.91 Å². The number of carbonyl (C=O) groups excluding carboxylic acids is 2. The van der Waals surface area contributed by atoms with Crippen LogP contribution in [0.1, 0.15) is 37.7 Å². The predicted molar refractivity (Wildman–Crippen MR) is 113 cm³/mol. The number of anilines is 2. The molecule has 1 aromatic carbocycles. The molecular weight excluding hydrogens is 366 g/mol. The standard InChI is InChI=1S/C22H25N5O2/c28-21(13-16-3-1-2-4-16)25-18-6-8-19(9-7-18)26-22(29)24-14-17-5-10-20-23-11-12-27(20)15-17/h5-12,15-16H,1-4,13-14H2,(H,25,28)(H2,24,26,29). The minimum absolute atomic E-state index is 0.0604. The van der Waals surface area contributed by atoms with Gasteiger partial charge >= 0.3 is 6.03 Å². The van der Waals surface area contributed by atoms with Crippen molar-refractivity contribution in [2.75, 3.05) is 10.6 Å². The molecule has 4 rings (SSSR count). The molecule has 2 heterocycles. The predicted octanol–water partition coefficient (Wildman–Crippen LogP) is 4.17. The number of hydrogen-bond donors (Lipinski definition) is 3. The third-order valence-electron chi connectivity index (χ3n) is 5.28. The molecular formula is C22H25N5O2. The molecule has 0 bridgehead atoms. The van der Waals surface area contributed by atoms with Crippen molar-refractivity contribution in [2.45, 2.75) is 38.6 Å². The highest BCUT2D eigenvalue weighted by Crippen LogP contribution is 2.27. The van der Waals surface area contributed by atoms with Crippen molar-refractivity contribution in [3.63, 3.8) is 0 Å². The summed E-state index contributed by atoms with van der Waals surface area (Å²) in [6, 6.07) is 10.7. The zero-order valence-electron chi connectivity index (χ0n) is 16.2. The number of urea groups is 1. The summed E-state index contributed by atoms with van der Waals surface area (Å²) in [5, 5.41) is 8.57. The van der Waals surface area contributed by atoms with Crippen molar-refractivity contribution < 1.29 is 9.59 Å². The molecule has 0 saturated heterocycles. The molecule has 7 heteroatoms. The maximum atomic E-state index is 12.1. The van der Waals surface area contributed by atoms with Crippen LogP contribution in [0, 0.1) is 5.92 Å². The lowest BCUT2D eigenvalue weighted by atomic mass is 10.0. The van der Waals surface area contributed by atoms with Gasteiger partial charge in [-0.25, -0.2) is 9.78 Å². The summed E-state index contributed by atoms with van der Waals surface area (Å²) >= 11 is 0. The van der Waals surface area contributed by atoms with E-state index < -0.39 is 0 Å². The first kappa shape index (κ1) is 19.0. The second-order valence-corrected chi connectivity index (χ2v) is 7.52. The summed E-state index contributed by atoms with van der Waals surface area (Å²) < 4.78 is 1.91. The molecule has 29 heavy (non-hydrogen) atoms. The number of aromatic nitrogens is 2. The Kier molecular flexibility index (Phi) is 5.74. The molecule has 2 aromatic heterocycles. The van der Waals surface area contributed by atoms with Crippen LogP contribution in [0.25, 0.3) is 5.65 Å². The van der Waals surface area contributed by atoms with Crippen molar-refractivity contribution in [3.8, 4) is 0 Å². The Morgan fingerprint density at radius 1 is 1.00 bits per heavy atom. The third kappa shape index (κ3) is 5.13. The smallest absolute Gasteiger partial charge is 0.319 e. The van der Waals surface area contributed by atoms with Crippen LogP contribution in [0.2, 0.25) is 0 Å². The van der Waals surface area contributed by atoms with Crippen LogP contribution < -0.4 is 16.0 Å². The highest BCUT2D eigenvalue weighted by atomic mass is 16.2. The molecule has 0 spiro atoms. The minimum Gasteiger partial charge on any atom is -0.334 e. The number of nitrogens with one attached hydrogen (secondary N) is 3. The van der Waals surface area contributed by atoms with E-state index in [9.17, 15) is 9.59 Å². The monoisotopic (exact) mass is 391 g/mol. The van der Waals surface area contributed by atoms with Crippen LogP contribution in [0.5, 0.6) is 0 Å². The third-order valence-corrected chi connectivity index (χ3v) is 5.28. The van der Waals surface area contributed by atoms with Crippen molar-refractivity contribution >= 4 is 29.0 Å². The first-order valence-corrected chi connectivity index (χ1v) is 10.0. The van der Waals surface area contributed by atoms with Gasteiger partial charge in [-0.05, 0) is 54.7 Å². The zero-order chi connectivity index (χ0) is 20.1. The van der Waals surface area contributed by atoms with E-state index in [0.29, 0.717) is 24.6 Å². The van der Waals surface area contributed by atoms with Crippen LogP contribution in [-0.2, 0) is 11.3 Å². The molecule has 0 aliphatic heterocycles. The fraction of sp³-hybridized carbons (Fsp3) is 0.318. The molecule has 1 aliphatic rings. The number of nitrogens with zero attached hydrogens (tertiary/aromatic N) is 2. The second-order valence-electron chi connectivity index (χ2n) is 7.52. The Hall–Kier alpha value is -3.35. The van der Waals surface area contributed by atoms with Gasteiger partial charge in [0.25, 0.3) is 0 Å². The summed E-state index contributed by atoms with van der Waals surface area (Å²) in [5.41, 5.74) is 3.26. The number of hydrogen-bond acceptors (Lipinski definition) is 3. The van der Waals surface area contributed by atoms with Crippen molar-refractivity contribution in [1.82, 2.24) is 14.7 Å². The van der Waals surface area contributed by atoms with Gasteiger partial charge in [-0.1, -0.05) is 18.9 Å². The molecule has 1 aliphatic carbocycles. The van der Waals surface area contributed by atoms with Gasteiger partial charge in [0.1, 0.15) is 5.65 Å². The van der Waals surface area contributed by atoms with Crippen LogP contribution in [-0.4, -0.2) is 21.3 Å². The zero-order valence-corrected chi connectivity index (χ0v) is 16.2. The van der Waals surface area contributed by atoms with Gasteiger partial charge in [0.15, 0.2) is 0 Å². The maximum Gasteiger partial charge on any atom is 0.319 e. The fourth-order valence-electron chi connectivity index (χ4n) is 3.75. The molecule has 3 N–H and O–H groups in total. The Morgan fingerprint density at radius 2 is 1.72 bits per heavy atom. The molecule has 3 aromatic rings. The van der Waals surface area contributed by atoms with E-state index in [2.05, 4.69) is 20.9 Å². The normalized spacial score (nSPS) is 14.1. The van der Waals surface area contributed by atoms with E-state index in [0.717, 1.165) is 29.7 Å². The number of rotatable bonds is 6. The topological polar surface area (TPSA) is 87.5 Å². The number of fused-ring (bicyclic) bond motifs is 1. The minimum atomic E-state index is -0.284. The summed E-state index contributed by atoms with van der Waals surface area (Å²) in [5.74, 6) is 0.583. The summed E-state index contributed by atoms with van der Waals surface area (Å²) in [6.07, 6.45) is 10.9. The number of carbonyl (C=O) groups is 2. The molecule has 0 radical (unpaired) electrons. The molecule has 1 fully saturated rings. The van der Waals surface area contributed by atoms with Crippen molar-refractivity contribution in [2.24, 2.45) is 5.92 Å². The lowest BCUT2D eigenvalue weighted by molar-refractivity contribution is -0.117. The van der Waals surface area contributed by atoms with E-state index in [1.807, 2.05) is 28.9 Å². The van der Waals surface area contributed by atoms with Crippen LogP contribution in [0.15, 0.2) is 55.0 Å². The van der Waals surface area contributed by atoms with Gasteiger partial charge in [0, 0.05) is 42.9 Å². The van der Waals surface area contributed by atoms with Gasteiger partial charge in [-0.15, -0.1) is 0 Å². The van der Waals surface area contributed by atoms with Gasteiger partial charge in [0.05, 0.1) is 0 Å². The van der Waals surface area contributed by atoms with Crippen LogP contribution in [0.3, 0.4) is 0 Å². The molecule has 0 atom stereocenters. The van der Waals surface area contributed by atoms with E-state index in [4.69, 9.17) is 0 Å². The van der Waals surface area contributed by atoms with Gasteiger partial charge < -0.3 is 20.4 Å². The Morgan fingerprint density at radius 3 is 2.48 bits per heavy atom. The summed E-state index contributed by atoms with van der Waals surface area (Å²) in [7, 11) is 0. The fourth-order valence-corrected chi connectivity index (χ4v) is 3.75. The lowest BCUT2D eigenvalue weighted by Crippen LogP contribution is -2.28. The molecule has 1 saturated carbocycles. The summed E-state index contributed by atoms with van der Waals surface area (Å²) in [6.45, 7) is 0.412. The quantitative estimate of drug-likeness (QED) is 0.589. The van der Waals surface area contributed by atoms with Gasteiger partial charge in [-0.3, -0.25) is 4.79 Å². The van der Waals surface area contributed by atoms with E-state index in [1.165, 1.54) is 12.8 Å². The number of amides is 3. The molecule has 3 amide bonds. The lowest BCUT2D eigenvalue weighted by Gasteiger charge is -2.11. The Balaban J connectivity index is 1.24. The van der Waals surface area contributed by atoms with Crippen molar-refractivity contribution in [1.29, 1.82) is 0 Å². The Labute approximate surface area is 169 Å². The first-order chi connectivity index (χ1) is 14.2. The van der Waals surface area contributed by atoms with E-state index >= 15 is 0 Å². The highest BCUT2D eigenvalue weighted by molar-refractivity contribution is 5.92. The first-order valence-electron chi connectivity index (χ1n) is 10.0. The number of benzene rings is 1. The SMILES string of the molecule is O=C(CC1CCCC1)Nc1ccc(NC(=O)NCc2ccc3nccn3c2)cc1. The Bertz CT molecular complexity index is 990. The van der Waals surface area contributed by atoms with Gasteiger partial charge in [-0.2, -0.15) is 0 Å². The number of pyridine rings is 1. The summed E-state index contributed by atoms with van der Waals surface area (Å²) in [4.78, 5) is 28.5. The van der Waals surface area contributed by atoms with Crippen molar-refractivity contribution in [3.05, 3.63) is 60.6 Å². The molecule has 150 valence electrons. The second kappa shape index (κ2) is 8.77. The van der Waals surface area contributed by atoms with E-state index in [1.54, 1.807) is 30.5 Å². The van der Waals surface area contributed by atoms with Crippen LogP contribution >= 0.6 is 0 Å². The van der Waals surface area contributed by atoms with E-state index in [-0.39, 0.29) is 11.9 Å². The largest absolute Gasteiger partial charge is 0.334 e.